The SMILES string of the molecule is C=CC(=O)Nc1ccc(O)c(C(=O)N2CCCC(N3CCN(c4ccccc4)CC3)C2)c1. The molecule has 2 aromatic carbocycles. The highest BCUT2D eigenvalue weighted by Gasteiger charge is 2.31. The molecule has 0 saturated carbocycles. The second-order valence-corrected chi connectivity index (χ2v) is 8.33. The first-order valence-corrected chi connectivity index (χ1v) is 11.1. The van der Waals surface area contributed by atoms with Gasteiger partial charge in [0.25, 0.3) is 5.91 Å². The number of carbonyl (C=O) groups is 2. The summed E-state index contributed by atoms with van der Waals surface area (Å²) in [6.45, 7) is 8.63. The zero-order valence-corrected chi connectivity index (χ0v) is 18.2. The van der Waals surface area contributed by atoms with E-state index in [1.165, 1.54) is 23.9 Å². The van der Waals surface area contributed by atoms with Crippen molar-refractivity contribution >= 4 is 23.2 Å². The van der Waals surface area contributed by atoms with Crippen molar-refractivity contribution in [3.8, 4) is 5.75 Å². The third kappa shape index (κ3) is 4.94. The van der Waals surface area contributed by atoms with Gasteiger partial charge in [-0.1, -0.05) is 24.8 Å². The number of amides is 2. The number of likely N-dealkylation sites (tertiary alicyclic amines) is 1. The molecule has 4 rings (SSSR count). The number of benzene rings is 2. The highest BCUT2D eigenvalue weighted by molar-refractivity contribution is 6.02. The van der Waals surface area contributed by atoms with Gasteiger partial charge in [0.05, 0.1) is 5.56 Å². The fourth-order valence-corrected chi connectivity index (χ4v) is 4.57. The van der Waals surface area contributed by atoms with E-state index in [9.17, 15) is 14.7 Å². The zero-order chi connectivity index (χ0) is 22.5. The van der Waals surface area contributed by atoms with Crippen LogP contribution in [-0.4, -0.2) is 72.0 Å². The normalized spacial score (nSPS) is 19.4. The van der Waals surface area contributed by atoms with Crippen molar-refractivity contribution in [3.05, 3.63) is 66.7 Å². The van der Waals surface area contributed by atoms with Gasteiger partial charge in [-0.15, -0.1) is 0 Å². The van der Waals surface area contributed by atoms with Crippen molar-refractivity contribution in [2.75, 3.05) is 49.5 Å². The molecule has 0 aromatic heterocycles. The lowest BCUT2D eigenvalue weighted by molar-refractivity contribution is -0.111. The van der Waals surface area contributed by atoms with E-state index in [2.05, 4.69) is 46.0 Å². The molecule has 0 bridgehead atoms. The Morgan fingerprint density at radius 1 is 1.03 bits per heavy atom. The number of piperazine rings is 1. The van der Waals surface area contributed by atoms with Crippen LogP contribution in [0.5, 0.6) is 5.75 Å². The first kappa shape index (κ1) is 21.9. The highest BCUT2D eigenvalue weighted by Crippen LogP contribution is 2.26. The van der Waals surface area contributed by atoms with Gasteiger partial charge < -0.3 is 20.2 Å². The summed E-state index contributed by atoms with van der Waals surface area (Å²) < 4.78 is 0. The van der Waals surface area contributed by atoms with Gasteiger partial charge in [-0.2, -0.15) is 0 Å². The molecule has 2 heterocycles. The summed E-state index contributed by atoms with van der Waals surface area (Å²) in [4.78, 5) is 31.5. The lowest BCUT2D eigenvalue weighted by Crippen LogP contribution is -2.55. The van der Waals surface area contributed by atoms with Crippen LogP contribution in [0.1, 0.15) is 23.2 Å². The minimum absolute atomic E-state index is 0.0785. The number of aromatic hydroxyl groups is 1. The fourth-order valence-electron chi connectivity index (χ4n) is 4.57. The van der Waals surface area contributed by atoms with Gasteiger partial charge >= 0.3 is 0 Å². The van der Waals surface area contributed by atoms with Crippen LogP contribution in [0.2, 0.25) is 0 Å². The highest BCUT2D eigenvalue weighted by atomic mass is 16.3. The predicted molar refractivity (Wildman–Crippen MR) is 126 cm³/mol. The van der Waals surface area contributed by atoms with E-state index >= 15 is 0 Å². The van der Waals surface area contributed by atoms with E-state index in [-0.39, 0.29) is 23.1 Å². The fraction of sp³-hybridized carbons (Fsp3) is 0.360. The van der Waals surface area contributed by atoms with E-state index in [0.717, 1.165) is 39.0 Å². The number of rotatable bonds is 5. The molecule has 2 aliphatic rings. The first-order chi connectivity index (χ1) is 15.5. The van der Waals surface area contributed by atoms with E-state index < -0.39 is 0 Å². The molecule has 2 N–H and O–H groups in total. The van der Waals surface area contributed by atoms with Crippen LogP contribution in [0.25, 0.3) is 0 Å². The predicted octanol–water partition coefficient (Wildman–Crippen LogP) is 2.94. The molecular formula is C25H30N4O3. The summed E-state index contributed by atoms with van der Waals surface area (Å²) >= 11 is 0. The quantitative estimate of drug-likeness (QED) is 0.559. The molecule has 1 unspecified atom stereocenters. The van der Waals surface area contributed by atoms with Crippen LogP contribution >= 0.6 is 0 Å². The standard InChI is InChI=1S/C25H30N4O3/c1-2-24(31)26-19-10-11-23(30)22(17-19)25(32)29-12-6-9-21(18-29)28-15-13-27(14-16-28)20-7-4-3-5-8-20/h2-5,7-8,10-11,17,21,30H,1,6,9,12-16,18H2,(H,26,31). The average molecular weight is 435 g/mol. The van der Waals surface area contributed by atoms with Gasteiger partial charge in [0.15, 0.2) is 0 Å². The summed E-state index contributed by atoms with van der Waals surface area (Å²) in [5.41, 5.74) is 1.93. The van der Waals surface area contributed by atoms with Gasteiger partial charge in [0.1, 0.15) is 5.75 Å². The zero-order valence-electron chi connectivity index (χ0n) is 18.2. The lowest BCUT2D eigenvalue weighted by atomic mass is 10.0. The minimum Gasteiger partial charge on any atom is -0.507 e. The van der Waals surface area contributed by atoms with Crippen molar-refractivity contribution in [1.29, 1.82) is 0 Å². The smallest absolute Gasteiger partial charge is 0.257 e. The van der Waals surface area contributed by atoms with E-state index in [1.807, 2.05) is 11.0 Å². The van der Waals surface area contributed by atoms with E-state index in [1.54, 1.807) is 6.07 Å². The maximum absolute atomic E-state index is 13.2. The number of hydrogen-bond acceptors (Lipinski definition) is 5. The molecule has 0 aliphatic carbocycles. The van der Waals surface area contributed by atoms with Crippen LogP contribution in [0.3, 0.4) is 0 Å². The Morgan fingerprint density at radius 2 is 1.78 bits per heavy atom. The number of phenols is 1. The largest absolute Gasteiger partial charge is 0.507 e. The van der Waals surface area contributed by atoms with Crippen molar-refractivity contribution < 1.29 is 14.7 Å². The van der Waals surface area contributed by atoms with Crippen LogP contribution < -0.4 is 10.2 Å². The number of hydrogen-bond donors (Lipinski definition) is 2. The third-order valence-electron chi connectivity index (χ3n) is 6.32. The maximum Gasteiger partial charge on any atom is 0.257 e. The summed E-state index contributed by atoms with van der Waals surface area (Å²) in [6, 6.07) is 15.3. The first-order valence-electron chi connectivity index (χ1n) is 11.1. The molecule has 7 heteroatoms. The van der Waals surface area contributed by atoms with Gasteiger partial charge in [0, 0.05) is 56.7 Å². The average Bonchev–Trinajstić information content (AvgIpc) is 2.85. The summed E-state index contributed by atoms with van der Waals surface area (Å²) in [5.74, 6) is -0.642. The monoisotopic (exact) mass is 434 g/mol. The molecule has 7 nitrogen and oxygen atoms in total. The van der Waals surface area contributed by atoms with Crippen molar-refractivity contribution in [2.45, 2.75) is 18.9 Å². The summed E-state index contributed by atoms with van der Waals surface area (Å²) in [7, 11) is 0. The second kappa shape index (κ2) is 9.87. The number of nitrogens with one attached hydrogen (secondary N) is 1. The van der Waals surface area contributed by atoms with Gasteiger partial charge in [-0.3, -0.25) is 14.5 Å². The number of nitrogens with zero attached hydrogens (tertiary/aromatic N) is 3. The van der Waals surface area contributed by atoms with Crippen molar-refractivity contribution in [3.63, 3.8) is 0 Å². The molecule has 2 aromatic rings. The van der Waals surface area contributed by atoms with Gasteiger partial charge in [-0.05, 0) is 49.2 Å². The molecule has 2 saturated heterocycles. The summed E-state index contributed by atoms with van der Waals surface area (Å²) in [5, 5.41) is 12.9. The van der Waals surface area contributed by atoms with Crippen LogP contribution in [0.4, 0.5) is 11.4 Å². The number of para-hydroxylation sites is 1. The Bertz CT molecular complexity index is 970. The molecule has 168 valence electrons. The lowest BCUT2D eigenvalue weighted by Gasteiger charge is -2.44. The second-order valence-electron chi connectivity index (χ2n) is 8.33. The van der Waals surface area contributed by atoms with Crippen LogP contribution in [-0.2, 0) is 4.79 Å². The van der Waals surface area contributed by atoms with Gasteiger partial charge in [-0.25, -0.2) is 0 Å². The molecule has 0 radical (unpaired) electrons. The molecular weight excluding hydrogens is 404 g/mol. The van der Waals surface area contributed by atoms with Crippen molar-refractivity contribution in [2.24, 2.45) is 0 Å². The van der Waals surface area contributed by atoms with Gasteiger partial charge in [0.2, 0.25) is 5.91 Å². The van der Waals surface area contributed by atoms with E-state index in [0.29, 0.717) is 24.8 Å². The molecule has 32 heavy (non-hydrogen) atoms. The Labute approximate surface area is 188 Å². The Kier molecular flexibility index (Phi) is 6.75. The number of anilines is 2. The van der Waals surface area contributed by atoms with E-state index in [4.69, 9.17) is 0 Å². The third-order valence-corrected chi connectivity index (χ3v) is 6.32. The summed E-state index contributed by atoms with van der Waals surface area (Å²) in [6.07, 6.45) is 3.17. The van der Waals surface area contributed by atoms with Crippen molar-refractivity contribution in [1.82, 2.24) is 9.80 Å². The van der Waals surface area contributed by atoms with Crippen LogP contribution in [0.15, 0.2) is 61.2 Å². The molecule has 0 spiro atoms. The molecule has 2 amide bonds. The number of phenolic OH excluding ortho intramolecular Hbond substituents is 1. The molecule has 2 aliphatic heterocycles. The Hall–Kier alpha value is -3.32. The molecule has 1 atom stereocenters. The van der Waals surface area contributed by atoms with Crippen LogP contribution in [0, 0.1) is 0 Å². The number of piperidine rings is 1. The molecule has 2 fully saturated rings. The Morgan fingerprint density at radius 3 is 2.50 bits per heavy atom. The number of carbonyl (C=O) groups excluding carboxylic acids is 2. The topological polar surface area (TPSA) is 76.1 Å². The minimum atomic E-state index is -0.359. The maximum atomic E-state index is 13.2. The Balaban J connectivity index is 1.39.